The molecule has 6 heteroatoms. The lowest BCUT2D eigenvalue weighted by molar-refractivity contribution is -0.0249. The lowest BCUT2D eigenvalue weighted by Crippen LogP contribution is -2.55. The Balaban J connectivity index is 1.41. The van der Waals surface area contributed by atoms with Gasteiger partial charge in [-0.2, -0.15) is 0 Å². The second-order valence-corrected chi connectivity index (χ2v) is 8.07. The third-order valence-electron chi connectivity index (χ3n) is 6.49. The number of aliphatic hydroxyl groups is 1. The smallest absolute Gasteiger partial charge is 0.257 e. The minimum absolute atomic E-state index is 0.0753. The number of aliphatic hydroxyl groups excluding tert-OH is 1. The van der Waals surface area contributed by atoms with Gasteiger partial charge < -0.3 is 19.3 Å². The van der Waals surface area contributed by atoms with E-state index in [4.69, 9.17) is 4.42 Å². The fraction of sp³-hybridized carbons (Fsp3) is 0.737. The van der Waals surface area contributed by atoms with E-state index in [1.165, 1.54) is 0 Å². The van der Waals surface area contributed by atoms with Crippen LogP contribution in [0.15, 0.2) is 16.7 Å². The van der Waals surface area contributed by atoms with Crippen molar-refractivity contribution < 1.29 is 14.3 Å². The van der Waals surface area contributed by atoms with Gasteiger partial charge in [0, 0.05) is 45.3 Å². The lowest BCUT2D eigenvalue weighted by Gasteiger charge is -2.44. The van der Waals surface area contributed by atoms with Crippen LogP contribution in [0.5, 0.6) is 0 Å². The Kier molecular flexibility index (Phi) is 4.60. The van der Waals surface area contributed by atoms with E-state index in [2.05, 4.69) is 16.8 Å². The molecule has 0 unspecified atom stereocenters. The number of hydrogen-bond acceptors (Lipinski definition) is 5. The zero-order valence-corrected chi connectivity index (χ0v) is 15.2. The van der Waals surface area contributed by atoms with Crippen LogP contribution in [0.4, 0.5) is 0 Å². The summed E-state index contributed by atoms with van der Waals surface area (Å²) in [6, 6.07) is 2.02. The van der Waals surface area contributed by atoms with Crippen LogP contribution in [0, 0.1) is 18.8 Å². The molecule has 1 N–H and O–H groups in total. The first-order valence-corrected chi connectivity index (χ1v) is 9.47. The molecule has 4 rings (SSSR count). The van der Waals surface area contributed by atoms with Crippen LogP contribution in [0.3, 0.4) is 0 Å². The van der Waals surface area contributed by atoms with Crippen LogP contribution in [0.25, 0.3) is 0 Å². The van der Waals surface area contributed by atoms with Gasteiger partial charge in [-0.25, -0.2) is 0 Å². The molecular weight excluding hydrogens is 318 g/mol. The largest absolute Gasteiger partial charge is 0.469 e. The molecule has 0 spiro atoms. The first kappa shape index (κ1) is 17.1. The molecular formula is C19H29N3O3. The summed E-state index contributed by atoms with van der Waals surface area (Å²) in [7, 11) is 2.16. The van der Waals surface area contributed by atoms with Gasteiger partial charge in [-0.05, 0) is 44.7 Å². The van der Waals surface area contributed by atoms with Crippen LogP contribution in [-0.2, 0) is 0 Å². The molecule has 6 nitrogen and oxygen atoms in total. The fourth-order valence-corrected chi connectivity index (χ4v) is 4.90. The number of carbonyl (C=O) groups excluding carboxylic acids is 1. The van der Waals surface area contributed by atoms with Crippen molar-refractivity contribution in [2.24, 2.45) is 11.8 Å². The number of carbonyl (C=O) groups is 1. The molecule has 4 atom stereocenters. The highest BCUT2D eigenvalue weighted by atomic mass is 16.3. The van der Waals surface area contributed by atoms with Crippen molar-refractivity contribution in [3.63, 3.8) is 0 Å². The SMILES string of the molecule is Cc1occc1C(=O)N1C[C@H]2C[C@@H](N3CCN(C)CC3)[C@H](O)C[C@H]2C1. The van der Waals surface area contributed by atoms with E-state index in [1.54, 1.807) is 12.3 Å². The second-order valence-electron chi connectivity index (χ2n) is 8.07. The summed E-state index contributed by atoms with van der Waals surface area (Å²) >= 11 is 0. The van der Waals surface area contributed by atoms with Crippen molar-refractivity contribution >= 4 is 5.91 Å². The lowest BCUT2D eigenvalue weighted by atomic mass is 9.77. The Bertz CT molecular complexity index is 623. The van der Waals surface area contributed by atoms with Crippen LogP contribution >= 0.6 is 0 Å². The van der Waals surface area contributed by atoms with Crippen LogP contribution in [0.1, 0.15) is 29.0 Å². The highest BCUT2D eigenvalue weighted by molar-refractivity contribution is 5.95. The molecule has 25 heavy (non-hydrogen) atoms. The molecule has 2 saturated heterocycles. The number of nitrogens with zero attached hydrogens (tertiary/aromatic N) is 3. The van der Waals surface area contributed by atoms with E-state index in [0.29, 0.717) is 23.2 Å². The van der Waals surface area contributed by atoms with E-state index in [1.807, 2.05) is 11.8 Å². The zero-order chi connectivity index (χ0) is 17.6. The number of piperazine rings is 1. The van der Waals surface area contributed by atoms with Crippen molar-refractivity contribution in [2.45, 2.75) is 31.9 Å². The third kappa shape index (κ3) is 3.23. The second kappa shape index (κ2) is 6.74. The third-order valence-corrected chi connectivity index (χ3v) is 6.49. The van der Waals surface area contributed by atoms with Gasteiger partial charge in [0.1, 0.15) is 5.76 Å². The fourth-order valence-electron chi connectivity index (χ4n) is 4.90. The molecule has 1 aromatic heterocycles. The topological polar surface area (TPSA) is 60.2 Å². The Morgan fingerprint density at radius 3 is 2.48 bits per heavy atom. The van der Waals surface area contributed by atoms with Gasteiger partial charge in [-0.3, -0.25) is 9.69 Å². The highest BCUT2D eigenvalue weighted by Crippen LogP contribution is 2.39. The zero-order valence-electron chi connectivity index (χ0n) is 15.2. The molecule has 1 amide bonds. The van der Waals surface area contributed by atoms with Crippen molar-refractivity contribution in [3.05, 3.63) is 23.7 Å². The number of hydrogen-bond donors (Lipinski definition) is 1. The summed E-state index contributed by atoms with van der Waals surface area (Å²) in [5, 5.41) is 10.7. The average molecular weight is 347 g/mol. The van der Waals surface area contributed by atoms with E-state index in [0.717, 1.165) is 52.1 Å². The number of rotatable bonds is 2. The minimum Gasteiger partial charge on any atom is -0.469 e. The summed E-state index contributed by atoms with van der Waals surface area (Å²) in [4.78, 5) is 19.5. The molecule has 2 aliphatic heterocycles. The molecule has 3 aliphatic rings. The van der Waals surface area contributed by atoms with Gasteiger partial charge in [0.05, 0.1) is 17.9 Å². The molecule has 0 radical (unpaired) electrons. The normalized spacial score (nSPS) is 34.3. The van der Waals surface area contributed by atoms with Gasteiger partial charge in [-0.1, -0.05) is 0 Å². The monoisotopic (exact) mass is 347 g/mol. The molecule has 0 aromatic carbocycles. The van der Waals surface area contributed by atoms with Gasteiger partial charge in [0.15, 0.2) is 0 Å². The predicted octanol–water partition coefficient (Wildman–Crippen LogP) is 1.05. The van der Waals surface area contributed by atoms with Crippen LogP contribution < -0.4 is 0 Å². The first-order chi connectivity index (χ1) is 12.0. The number of likely N-dealkylation sites (tertiary alicyclic amines) is 1. The Labute approximate surface area is 149 Å². The quantitative estimate of drug-likeness (QED) is 0.866. The molecule has 1 aromatic rings. The van der Waals surface area contributed by atoms with Crippen molar-refractivity contribution in [2.75, 3.05) is 46.3 Å². The van der Waals surface area contributed by atoms with E-state index in [9.17, 15) is 9.90 Å². The summed E-state index contributed by atoms with van der Waals surface area (Å²) < 4.78 is 5.29. The van der Waals surface area contributed by atoms with Crippen molar-refractivity contribution in [1.82, 2.24) is 14.7 Å². The Morgan fingerprint density at radius 1 is 1.16 bits per heavy atom. The first-order valence-electron chi connectivity index (χ1n) is 9.47. The maximum absolute atomic E-state index is 12.8. The number of amides is 1. The van der Waals surface area contributed by atoms with Crippen LogP contribution in [0.2, 0.25) is 0 Å². The molecule has 1 aliphatic carbocycles. The Hall–Kier alpha value is -1.37. The highest BCUT2D eigenvalue weighted by Gasteiger charge is 2.45. The van der Waals surface area contributed by atoms with Gasteiger partial charge in [-0.15, -0.1) is 0 Å². The number of fused-ring (bicyclic) bond motifs is 1. The van der Waals surface area contributed by atoms with Crippen LogP contribution in [-0.4, -0.2) is 84.2 Å². The van der Waals surface area contributed by atoms with E-state index < -0.39 is 0 Å². The van der Waals surface area contributed by atoms with Gasteiger partial charge in [0.2, 0.25) is 0 Å². The number of likely N-dealkylation sites (N-methyl/N-ethyl adjacent to an activating group) is 1. The molecule has 3 heterocycles. The van der Waals surface area contributed by atoms with Gasteiger partial charge in [0.25, 0.3) is 5.91 Å². The van der Waals surface area contributed by atoms with Gasteiger partial charge >= 0.3 is 0 Å². The number of furan rings is 1. The van der Waals surface area contributed by atoms with Crippen molar-refractivity contribution in [3.8, 4) is 0 Å². The average Bonchev–Trinajstić information content (AvgIpc) is 3.20. The molecule has 0 bridgehead atoms. The molecule has 1 saturated carbocycles. The Morgan fingerprint density at radius 2 is 1.84 bits per heavy atom. The molecule has 138 valence electrons. The van der Waals surface area contributed by atoms with E-state index >= 15 is 0 Å². The molecule has 3 fully saturated rings. The summed E-state index contributed by atoms with van der Waals surface area (Å²) in [5.41, 5.74) is 0.676. The minimum atomic E-state index is -0.268. The van der Waals surface area contributed by atoms with E-state index in [-0.39, 0.29) is 18.1 Å². The predicted molar refractivity (Wildman–Crippen MR) is 94.4 cm³/mol. The maximum atomic E-state index is 12.8. The van der Waals surface area contributed by atoms with Crippen molar-refractivity contribution in [1.29, 1.82) is 0 Å². The number of aryl methyl sites for hydroxylation is 1. The summed E-state index contributed by atoms with van der Waals surface area (Å²) in [6.45, 7) is 7.62. The maximum Gasteiger partial charge on any atom is 0.257 e. The summed E-state index contributed by atoms with van der Waals surface area (Å²) in [5.74, 6) is 1.69. The summed E-state index contributed by atoms with van der Waals surface area (Å²) in [6.07, 6.45) is 3.13. The standard InChI is InChI=1S/C19H29N3O3/c1-13-16(3-8-25-13)19(24)22-11-14-9-17(18(23)10-15(14)12-22)21-6-4-20(2)5-7-21/h3,8,14-15,17-18,23H,4-7,9-12H2,1-2H3/t14-,15+,17-,18-/m1/s1.